The first-order valence-electron chi connectivity index (χ1n) is 6.09. The molecule has 0 radical (unpaired) electrons. The topological polar surface area (TPSA) is 42.2 Å². The number of piperidine rings is 1. The Balaban J connectivity index is 2.03. The molecule has 0 aliphatic carbocycles. The van der Waals surface area contributed by atoms with Gasteiger partial charge in [0.15, 0.2) is 0 Å². The van der Waals surface area contributed by atoms with Crippen LogP contribution < -0.4 is 5.73 Å². The first-order chi connectivity index (χ1) is 7.70. The highest BCUT2D eigenvalue weighted by atomic mass is 32.1. The highest BCUT2D eigenvalue weighted by Crippen LogP contribution is 2.30. The molecule has 3 nitrogen and oxygen atoms in total. The van der Waals surface area contributed by atoms with Gasteiger partial charge in [-0.2, -0.15) is 0 Å². The first-order valence-corrected chi connectivity index (χ1v) is 6.91. The predicted octanol–water partition coefficient (Wildman–Crippen LogP) is 2.19. The average molecular weight is 239 g/mol. The zero-order valence-corrected chi connectivity index (χ0v) is 11.0. The Hall–Kier alpha value is -0.450. The van der Waals surface area contributed by atoms with Crippen molar-refractivity contribution in [2.75, 3.05) is 13.1 Å². The molecule has 4 heteroatoms. The van der Waals surface area contributed by atoms with Crippen LogP contribution in [-0.4, -0.2) is 29.0 Å². The zero-order valence-electron chi connectivity index (χ0n) is 10.1. The van der Waals surface area contributed by atoms with Gasteiger partial charge in [-0.1, -0.05) is 0 Å². The van der Waals surface area contributed by atoms with Gasteiger partial charge in [0.25, 0.3) is 0 Å². The van der Waals surface area contributed by atoms with Crippen molar-refractivity contribution in [1.29, 1.82) is 0 Å². The largest absolute Gasteiger partial charge is 0.326 e. The molecule has 2 rings (SSSR count). The summed E-state index contributed by atoms with van der Waals surface area (Å²) in [5.74, 6) is 0.626. The molecule has 0 spiro atoms. The van der Waals surface area contributed by atoms with Crippen LogP contribution in [0, 0.1) is 0 Å². The van der Waals surface area contributed by atoms with Gasteiger partial charge in [0.2, 0.25) is 0 Å². The lowest BCUT2D eigenvalue weighted by atomic mass is 9.98. The smallest absolute Gasteiger partial charge is 0.0971 e. The van der Waals surface area contributed by atoms with E-state index in [1.807, 2.05) is 6.20 Å². The Morgan fingerprint density at radius 2 is 2.44 bits per heavy atom. The van der Waals surface area contributed by atoms with Crippen LogP contribution in [0.5, 0.6) is 0 Å². The molecule has 1 aliphatic heterocycles. The molecule has 1 aromatic heterocycles. The van der Waals surface area contributed by atoms with E-state index < -0.39 is 0 Å². The van der Waals surface area contributed by atoms with Crippen molar-refractivity contribution in [3.8, 4) is 0 Å². The van der Waals surface area contributed by atoms with Gasteiger partial charge in [-0.3, -0.25) is 0 Å². The third-order valence-corrected chi connectivity index (χ3v) is 4.49. The zero-order chi connectivity index (χ0) is 11.5. The van der Waals surface area contributed by atoms with E-state index in [2.05, 4.69) is 23.7 Å². The number of aromatic nitrogens is 1. The fourth-order valence-electron chi connectivity index (χ4n) is 2.28. The van der Waals surface area contributed by atoms with Gasteiger partial charge in [-0.25, -0.2) is 4.98 Å². The van der Waals surface area contributed by atoms with Crippen LogP contribution in [0.1, 0.15) is 42.5 Å². The van der Waals surface area contributed by atoms with Crippen molar-refractivity contribution in [3.63, 3.8) is 0 Å². The predicted molar refractivity (Wildman–Crippen MR) is 68.7 cm³/mol. The Morgan fingerprint density at radius 3 is 3.06 bits per heavy atom. The summed E-state index contributed by atoms with van der Waals surface area (Å²) in [6.45, 7) is 7.57. The third kappa shape index (κ3) is 2.62. The standard InChI is InChI=1S/C12H21N3S/c1-9(2)15-5-3-4-10(8-15)12-14-7-11(6-13)16-12/h7,9-10H,3-6,8,13H2,1-2H3. The number of nitrogens with two attached hydrogens (primary N) is 1. The van der Waals surface area contributed by atoms with Gasteiger partial charge in [0.05, 0.1) is 5.01 Å². The number of hydrogen-bond donors (Lipinski definition) is 1. The summed E-state index contributed by atoms with van der Waals surface area (Å²) in [5, 5.41) is 1.28. The van der Waals surface area contributed by atoms with E-state index in [1.165, 1.54) is 29.3 Å². The normalized spacial score (nSPS) is 22.9. The summed E-state index contributed by atoms with van der Waals surface area (Å²) in [4.78, 5) is 8.27. The monoisotopic (exact) mass is 239 g/mol. The molecule has 1 fully saturated rings. The number of nitrogens with zero attached hydrogens (tertiary/aromatic N) is 2. The Bertz CT molecular complexity index is 335. The minimum absolute atomic E-state index is 0.623. The highest BCUT2D eigenvalue weighted by Gasteiger charge is 2.24. The van der Waals surface area contributed by atoms with Crippen molar-refractivity contribution < 1.29 is 0 Å². The highest BCUT2D eigenvalue weighted by molar-refractivity contribution is 7.11. The molecule has 0 amide bonds. The second-order valence-corrected chi connectivity index (χ2v) is 5.94. The van der Waals surface area contributed by atoms with Gasteiger partial charge < -0.3 is 10.6 Å². The van der Waals surface area contributed by atoms with Crippen LogP contribution in [-0.2, 0) is 6.54 Å². The Kier molecular flexibility index (Phi) is 3.95. The molecule has 2 N–H and O–H groups in total. The van der Waals surface area contributed by atoms with Crippen molar-refractivity contribution >= 4 is 11.3 Å². The summed E-state index contributed by atoms with van der Waals surface area (Å²) in [6.07, 6.45) is 4.51. The van der Waals surface area contributed by atoms with Gasteiger partial charge >= 0.3 is 0 Å². The molecule has 1 atom stereocenters. The third-order valence-electron chi connectivity index (χ3n) is 3.30. The van der Waals surface area contributed by atoms with Crippen molar-refractivity contribution in [2.24, 2.45) is 5.73 Å². The average Bonchev–Trinajstić information content (AvgIpc) is 2.77. The minimum Gasteiger partial charge on any atom is -0.326 e. The number of hydrogen-bond acceptors (Lipinski definition) is 4. The van der Waals surface area contributed by atoms with Gasteiger partial charge in [0, 0.05) is 36.1 Å². The molecular formula is C12H21N3S. The molecule has 1 aromatic rings. The fourth-order valence-corrected chi connectivity index (χ4v) is 3.20. The lowest BCUT2D eigenvalue weighted by Gasteiger charge is -2.34. The van der Waals surface area contributed by atoms with E-state index >= 15 is 0 Å². The molecule has 16 heavy (non-hydrogen) atoms. The maximum absolute atomic E-state index is 5.63. The van der Waals surface area contributed by atoms with E-state index in [0.29, 0.717) is 18.5 Å². The number of likely N-dealkylation sites (tertiary alicyclic amines) is 1. The first kappa shape index (κ1) is 12.0. The van der Waals surface area contributed by atoms with Crippen molar-refractivity contribution in [1.82, 2.24) is 9.88 Å². The molecule has 0 aromatic carbocycles. The Labute approximate surface area is 102 Å². The molecule has 1 saturated heterocycles. The van der Waals surface area contributed by atoms with Crippen LogP contribution in [0.15, 0.2) is 6.20 Å². The molecule has 1 aliphatic rings. The van der Waals surface area contributed by atoms with Crippen LogP contribution in [0.4, 0.5) is 0 Å². The molecule has 0 saturated carbocycles. The van der Waals surface area contributed by atoms with E-state index in [9.17, 15) is 0 Å². The molecule has 0 bridgehead atoms. The molecule has 1 unspecified atom stereocenters. The Morgan fingerprint density at radius 1 is 1.62 bits per heavy atom. The van der Waals surface area contributed by atoms with E-state index in [4.69, 9.17) is 5.73 Å². The summed E-state index contributed by atoms with van der Waals surface area (Å²) in [7, 11) is 0. The summed E-state index contributed by atoms with van der Waals surface area (Å²) >= 11 is 1.79. The van der Waals surface area contributed by atoms with Crippen molar-refractivity contribution in [3.05, 3.63) is 16.1 Å². The van der Waals surface area contributed by atoms with E-state index in [1.54, 1.807) is 11.3 Å². The minimum atomic E-state index is 0.623. The number of rotatable bonds is 3. The molecule has 2 heterocycles. The maximum Gasteiger partial charge on any atom is 0.0971 e. The van der Waals surface area contributed by atoms with Crippen LogP contribution in [0.3, 0.4) is 0 Å². The van der Waals surface area contributed by atoms with E-state index in [-0.39, 0.29) is 0 Å². The SMILES string of the molecule is CC(C)N1CCCC(c2ncc(CN)s2)C1. The molecule has 90 valence electrons. The molecular weight excluding hydrogens is 218 g/mol. The fraction of sp³-hybridized carbons (Fsp3) is 0.750. The van der Waals surface area contributed by atoms with E-state index in [0.717, 1.165) is 6.54 Å². The summed E-state index contributed by atoms with van der Waals surface area (Å²) in [6, 6.07) is 0.650. The van der Waals surface area contributed by atoms with Gasteiger partial charge in [-0.05, 0) is 33.2 Å². The quantitative estimate of drug-likeness (QED) is 0.879. The number of thiazole rings is 1. The van der Waals surface area contributed by atoms with Crippen molar-refractivity contribution in [2.45, 2.75) is 45.2 Å². The lowest BCUT2D eigenvalue weighted by Crippen LogP contribution is -2.39. The maximum atomic E-state index is 5.63. The van der Waals surface area contributed by atoms with Gasteiger partial charge in [0.1, 0.15) is 0 Å². The second-order valence-electron chi connectivity index (χ2n) is 4.80. The summed E-state index contributed by atoms with van der Waals surface area (Å²) < 4.78 is 0. The second kappa shape index (κ2) is 5.25. The van der Waals surface area contributed by atoms with Gasteiger partial charge in [-0.15, -0.1) is 11.3 Å². The van der Waals surface area contributed by atoms with Crippen LogP contribution in [0.25, 0.3) is 0 Å². The van der Waals surface area contributed by atoms with Crippen LogP contribution >= 0.6 is 11.3 Å². The summed E-state index contributed by atoms with van der Waals surface area (Å²) in [5.41, 5.74) is 5.63. The van der Waals surface area contributed by atoms with Crippen LogP contribution in [0.2, 0.25) is 0 Å². The lowest BCUT2D eigenvalue weighted by molar-refractivity contribution is 0.167.